The number of amides is 1. The number of carbonyl (C=O) groups excluding carboxylic acids is 1. The first-order valence-corrected chi connectivity index (χ1v) is 13.0. The van der Waals surface area contributed by atoms with Crippen molar-refractivity contribution in [1.29, 1.82) is 0 Å². The molecule has 0 aromatic rings. The molecule has 1 atom stereocenters. The minimum absolute atomic E-state index is 0.0445. The third kappa shape index (κ3) is 27.8. The molecule has 0 bridgehead atoms. The van der Waals surface area contributed by atoms with E-state index in [1.807, 2.05) is 13.0 Å². The molecule has 0 aliphatic carbocycles. The zero-order valence-electron chi connectivity index (χ0n) is 22.9. The highest BCUT2D eigenvalue weighted by molar-refractivity contribution is 7.47. The molecule has 0 aromatic carbocycles. The van der Waals surface area contributed by atoms with Crippen molar-refractivity contribution >= 4 is 13.7 Å². The molecule has 0 rings (SSSR count). The number of phosphoric acid groups is 1. The van der Waals surface area contributed by atoms with Gasteiger partial charge in [0.25, 0.3) is 0 Å². The molecule has 0 heterocycles. The van der Waals surface area contributed by atoms with Crippen LogP contribution in [0.2, 0.25) is 0 Å². The highest BCUT2D eigenvalue weighted by atomic mass is 31.2. The van der Waals surface area contributed by atoms with Crippen molar-refractivity contribution in [3.8, 4) is 142 Å². The minimum atomic E-state index is -4.37. The van der Waals surface area contributed by atoms with Crippen LogP contribution in [-0.2, 0) is 18.4 Å². The summed E-state index contributed by atoms with van der Waals surface area (Å²) in [4.78, 5) is 20.0. The Labute approximate surface area is 252 Å². The van der Waals surface area contributed by atoms with Crippen molar-refractivity contribution < 1.29 is 23.3 Å². The third-order valence-corrected chi connectivity index (χ3v) is 4.02. The Hall–Kier alpha value is -7.00. The SMILES string of the molecule is C=C=C=C=C=C(C#CC#CC#CC#CC#CC#CC#CC#CC#CC#CC#CC#COP(=O)(O)OCCNC(C)=O)CC. The third-order valence-electron chi connectivity index (χ3n) is 3.19. The van der Waals surface area contributed by atoms with Crippen molar-refractivity contribution in [2.24, 2.45) is 0 Å². The maximum atomic E-state index is 11.5. The second-order valence-electron chi connectivity index (χ2n) is 6.24. The summed E-state index contributed by atoms with van der Waals surface area (Å²) in [5, 5.41) is 2.38. The van der Waals surface area contributed by atoms with E-state index < -0.39 is 7.82 Å². The summed E-state index contributed by atoms with van der Waals surface area (Å²) < 4.78 is 20.4. The Morgan fingerprint density at radius 1 is 0.721 bits per heavy atom. The molecule has 1 amide bonds. The summed E-state index contributed by atoms with van der Waals surface area (Å²) in [5.41, 5.74) is 11.2. The number of nitrogens with one attached hydrogen (secondary N) is 1. The Kier molecular flexibility index (Phi) is 22.3. The van der Waals surface area contributed by atoms with Crippen molar-refractivity contribution in [2.75, 3.05) is 13.2 Å². The van der Waals surface area contributed by atoms with E-state index in [1.165, 1.54) is 6.92 Å². The van der Waals surface area contributed by atoms with Crippen LogP contribution in [0.1, 0.15) is 20.3 Å². The maximum Gasteiger partial charge on any atom is 0.536 e. The summed E-state index contributed by atoms with van der Waals surface area (Å²) in [5.74, 6) is 56.6. The molecule has 0 radical (unpaired) electrons. The van der Waals surface area contributed by atoms with Gasteiger partial charge in [0.05, 0.1) is 12.2 Å². The van der Waals surface area contributed by atoms with Crippen molar-refractivity contribution in [1.82, 2.24) is 5.32 Å². The topological polar surface area (TPSA) is 84.9 Å². The summed E-state index contributed by atoms with van der Waals surface area (Å²) >= 11 is 0. The van der Waals surface area contributed by atoms with Gasteiger partial charge in [-0.3, -0.25) is 14.2 Å². The number of phosphoric ester groups is 1. The van der Waals surface area contributed by atoms with Gasteiger partial charge in [0.15, 0.2) is 0 Å². The van der Waals surface area contributed by atoms with Crippen LogP contribution in [0.25, 0.3) is 0 Å². The van der Waals surface area contributed by atoms with Gasteiger partial charge in [0.2, 0.25) is 5.91 Å². The van der Waals surface area contributed by atoms with Crippen LogP contribution >= 0.6 is 7.82 Å². The van der Waals surface area contributed by atoms with E-state index in [4.69, 9.17) is 0 Å². The molecular formula is C36H16NO5P. The van der Waals surface area contributed by atoms with Crippen molar-refractivity contribution in [3.63, 3.8) is 0 Å². The number of hydrogen-bond donors (Lipinski definition) is 2. The standard InChI is InChI=1S/C36H16NO5P/c1-4-6-27-30-36(5-2)31-28-25-23-21-19-17-15-13-11-9-7-8-10-12-14-16-18-20-22-24-26-29-33-41-43(39,40)42-34-32-37-35(3)38/h1,5,32,34H2,2-3H3,(H,37,38)(H,39,40). The van der Waals surface area contributed by atoms with Crippen LogP contribution in [0.5, 0.6) is 0 Å². The summed E-state index contributed by atoms with van der Waals surface area (Å²) in [7, 11) is -4.37. The van der Waals surface area contributed by atoms with Gasteiger partial charge < -0.3 is 9.84 Å². The summed E-state index contributed by atoms with van der Waals surface area (Å²) in [6, 6.07) is 0. The van der Waals surface area contributed by atoms with Gasteiger partial charge in [0, 0.05) is 96.4 Å². The first-order valence-electron chi connectivity index (χ1n) is 11.5. The quantitative estimate of drug-likeness (QED) is 0.219. The number of rotatable bonds is 6. The lowest BCUT2D eigenvalue weighted by atomic mass is 10.2. The number of allylic oxidation sites excluding steroid dienone is 1. The van der Waals surface area contributed by atoms with Crippen LogP contribution in [0.4, 0.5) is 0 Å². The minimum Gasteiger partial charge on any atom is -0.354 e. The first-order chi connectivity index (χ1) is 20.9. The molecule has 200 valence electrons. The molecule has 0 aliphatic heterocycles. The molecule has 0 spiro atoms. The largest absolute Gasteiger partial charge is 0.536 e. The van der Waals surface area contributed by atoms with Crippen LogP contribution in [-0.4, -0.2) is 24.0 Å². The molecule has 0 aromatic heterocycles. The predicted molar refractivity (Wildman–Crippen MR) is 162 cm³/mol. The van der Waals surface area contributed by atoms with E-state index in [2.05, 4.69) is 180 Å². The smallest absolute Gasteiger partial charge is 0.354 e. The highest BCUT2D eigenvalue weighted by Crippen LogP contribution is 2.42. The Balaban J connectivity index is 4.60. The molecule has 2 N–H and O–H groups in total. The predicted octanol–water partition coefficient (Wildman–Crippen LogP) is 1.84. The zero-order valence-corrected chi connectivity index (χ0v) is 23.8. The summed E-state index contributed by atoms with van der Waals surface area (Å²) in [6.45, 7) is 6.42. The average molecular weight is 574 g/mol. The van der Waals surface area contributed by atoms with Crippen LogP contribution < -0.4 is 5.32 Å². The fourth-order valence-electron chi connectivity index (χ4n) is 1.61. The van der Waals surface area contributed by atoms with Gasteiger partial charge in [-0.1, -0.05) is 12.7 Å². The van der Waals surface area contributed by atoms with Crippen LogP contribution in [0.3, 0.4) is 0 Å². The fourth-order valence-corrected chi connectivity index (χ4v) is 2.15. The van der Waals surface area contributed by atoms with E-state index in [0.29, 0.717) is 6.42 Å². The van der Waals surface area contributed by atoms with E-state index in [9.17, 15) is 14.3 Å². The Morgan fingerprint density at radius 3 is 1.53 bits per heavy atom. The zero-order chi connectivity index (χ0) is 31.7. The molecule has 6 nitrogen and oxygen atoms in total. The van der Waals surface area contributed by atoms with Gasteiger partial charge >= 0.3 is 7.82 Å². The number of hydrogen-bond acceptors (Lipinski definition) is 4. The highest BCUT2D eigenvalue weighted by Gasteiger charge is 2.20. The van der Waals surface area contributed by atoms with E-state index in [-0.39, 0.29) is 19.1 Å². The molecule has 0 saturated carbocycles. The van der Waals surface area contributed by atoms with E-state index >= 15 is 0 Å². The van der Waals surface area contributed by atoms with E-state index in [0.717, 1.165) is 5.57 Å². The lowest BCUT2D eigenvalue weighted by molar-refractivity contribution is -0.119. The van der Waals surface area contributed by atoms with Crippen molar-refractivity contribution in [2.45, 2.75) is 20.3 Å². The molecule has 1 unspecified atom stereocenters. The molecule has 43 heavy (non-hydrogen) atoms. The second-order valence-corrected chi connectivity index (χ2v) is 7.61. The average Bonchev–Trinajstić information content (AvgIpc) is 2.98. The van der Waals surface area contributed by atoms with Gasteiger partial charge in [0.1, 0.15) is 6.11 Å². The van der Waals surface area contributed by atoms with Gasteiger partial charge in [-0.05, 0) is 83.5 Å². The van der Waals surface area contributed by atoms with Gasteiger partial charge in [-0.25, -0.2) is 4.57 Å². The van der Waals surface area contributed by atoms with Crippen LogP contribution in [0.15, 0.2) is 35.1 Å². The number of carbonyl (C=O) groups is 1. The molecule has 0 fully saturated rings. The fraction of sp³-hybridized carbons (Fsp3) is 0.139. The Bertz CT molecular complexity index is 2090. The lowest BCUT2D eigenvalue weighted by Crippen LogP contribution is -2.24. The summed E-state index contributed by atoms with van der Waals surface area (Å²) in [6.07, 6.45) is 2.59. The van der Waals surface area contributed by atoms with Crippen LogP contribution in [0, 0.1) is 142 Å². The van der Waals surface area contributed by atoms with Gasteiger partial charge in [-0.15, -0.1) is 0 Å². The maximum absolute atomic E-state index is 11.5. The molecule has 0 saturated heterocycles. The molecule has 0 aliphatic rings. The molecule has 7 heteroatoms. The first kappa shape index (κ1) is 36.0. The Morgan fingerprint density at radius 2 is 1.14 bits per heavy atom. The van der Waals surface area contributed by atoms with Gasteiger partial charge in [-0.2, -0.15) is 0 Å². The van der Waals surface area contributed by atoms with Crippen molar-refractivity contribution in [3.05, 3.63) is 35.1 Å². The van der Waals surface area contributed by atoms with E-state index in [1.54, 1.807) is 0 Å². The molecular weight excluding hydrogens is 557 g/mol. The normalized spacial score (nSPS) is 7.51. The lowest BCUT2D eigenvalue weighted by Gasteiger charge is -2.07. The monoisotopic (exact) mass is 573 g/mol. The second kappa shape index (κ2) is 26.6.